The molecule has 25 heavy (non-hydrogen) atoms. The van der Waals surface area contributed by atoms with Crippen molar-refractivity contribution in [2.24, 2.45) is 0 Å². The normalized spacial score (nSPS) is 12.2. The Morgan fingerprint density at radius 1 is 1.00 bits per heavy atom. The Labute approximate surface area is 147 Å². The van der Waals surface area contributed by atoms with Gasteiger partial charge in [0.25, 0.3) is 5.22 Å². The largest absolute Gasteiger partial charge is 0.411 e. The minimum absolute atomic E-state index is 0.0686. The Bertz CT molecular complexity index is 955. The van der Waals surface area contributed by atoms with E-state index in [-0.39, 0.29) is 5.25 Å². The molecule has 0 aliphatic carbocycles. The van der Waals surface area contributed by atoms with Crippen molar-refractivity contribution in [1.82, 2.24) is 35.4 Å². The van der Waals surface area contributed by atoms with Crippen LogP contribution >= 0.6 is 11.8 Å². The van der Waals surface area contributed by atoms with Crippen molar-refractivity contribution in [2.75, 3.05) is 0 Å². The molecule has 0 saturated heterocycles. The van der Waals surface area contributed by atoms with Gasteiger partial charge in [-0.1, -0.05) is 30.0 Å². The fourth-order valence-corrected chi connectivity index (χ4v) is 3.04. The summed E-state index contributed by atoms with van der Waals surface area (Å²) in [6.45, 7) is 1.99. The molecule has 4 rings (SSSR count). The lowest BCUT2D eigenvalue weighted by Gasteiger charge is -2.08. The summed E-state index contributed by atoms with van der Waals surface area (Å²) in [5, 5.41) is 20.6. The first kappa shape index (κ1) is 15.5. The monoisotopic (exact) mass is 351 g/mol. The summed E-state index contributed by atoms with van der Waals surface area (Å²) < 4.78 is 7.43. The van der Waals surface area contributed by atoms with Crippen LogP contribution in [0.25, 0.3) is 17.1 Å². The first-order chi connectivity index (χ1) is 12.3. The van der Waals surface area contributed by atoms with Gasteiger partial charge in [-0.3, -0.25) is 4.98 Å². The summed E-state index contributed by atoms with van der Waals surface area (Å²) in [5.74, 6) is 1.17. The lowest BCUT2D eigenvalue weighted by Crippen LogP contribution is -2.04. The van der Waals surface area contributed by atoms with Gasteiger partial charge < -0.3 is 4.42 Å². The molecule has 0 amide bonds. The third kappa shape index (κ3) is 3.26. The third-order valence-corrected chi connectivity index (χ3v) is 4.40. The van der Waals surface area contributed by atoms with E-state index in [0.29, 0.717) is 16.9 Å². The maximum absolute atomic E-state index is 5.72. The molecule has 3 aromatic heterocycles. The van der Waals surface area contributed by atoms with Crippen molar-refractivity contribution in [3.63, 3.8) is 0 Å². The number of nitrogens with zero attached hydrogens (tertiary/aromatic N) is 7. The molecule has 4 aromatic rings. The fraction of sp³-hybridized carbons (Fsp3) is 0.125. The van der Waals surface area contributed by atoms with Gasteiger partial charge in [0, 0.05) is 18.0 Å². The van der Waals surface area contributed by atoms with Gasteiger partial charge >= 0.3 is 0 Å². The quantitative estimate of drug-likeness (QED) is 0.506. The molecule has 1 unspecified atom stereocenters. The van der Waals surface area contributed by atoms with E-state index in [2.05, 4.69) is 30.7 Å². The van der Waals surface area contributed by atoms with E-state index in [1.165, 1.54) is 11.8 Å². The van der Waals surface area contributed by atoms with Crippen molar-refractivity contribution < 1.29 is 4.42 Å². The van der Waals surface area contributed by atoms with Gasteiger partial charge in [0.1, 0.15) is 0 Å². The fourth-order valence-electron chi connectivity index (χ4n) is 2.27. The van der Waals surface area contributed by atoms with E-state index in [4.69, 9.17) is 4.42 Å². The molecule has 0 saturated carbocycles. The molecule has 3 heterocycles. The van der Waals surface area contributed by atoms with Gasteiger partial charge in [-0.25, -0.2) is 0 Å². The Morgan fingerprint density at radius 2 is 1.80 bits per heavy atom. The van der Waals surface area contributed by atoms with Crippen LogP contribution < -0.4 is 0 Å². The van der Waals surface area contributed by atoms with Crippen LogP contribution in [-0.2, 0) is 0 Å². The Kier molecular flexibility index (Phi) is 4.21. The van der Waals surface area contributed by atoms with Crippen LogP contribution in [-0.4, -0.2) is 35.4 Å². The van der Waals surface area contributed by atoms with E-state index < -0.39 is 0 Å². The van der Waals surface area contributed by atoms with Gasteiger partial charge in [0.05, 0.1) is 10.9 Å². The number of para-hydroxylation sites is 1. The molecule has 8 nitrogen and oxygen atoms in total. The molecule has 0 aliphatic rings. The van der Waals surface area contributed by atoms with Gasteiger partial charge in [-0.15, -0.1) is 15.3 Å². The summed E-state index contributed by atoms with van der Waals surface area (Å²) in [4.78, 5) is 3.98. The molecule has 0 aliphatic heterocycles. The van der Waals surface area contributed by atoms with Gasteiger partial charge in [-0.05, 0) is 41.6 Å². The van der Waals surface area contributed by atoms with Crippen LogP contribution in [0.3, 0.4) is 0 Å². The average molecular weight is 351 g/mol. The van der Waals surface area contributed by atoms with E-state index >= 15 is 0 Å². The maximum atomic E-state index is 5.72. The predicted octanol–water partition coefficient (Wildman–Crippen LogP) is 2.96. The highest BCUT2D eigenvalue weighted by atomic mass is 32.2. The van der Waals surface area contributed by atoms with E-state index in [9.17, 15) is 0 Å². The van der Waals surface area contributed by atoms with Crippen LogP contribution in [0, 0.1) is 0 Å². The molecule has 1 aromatic carbocycles. The lowest BCUT2D eigenvalue weighted by atomic mass is 10.3. The first-order valence-electron chi connectivity index (χ1n) is 7.55. The molecule has 0 N–H and O–H groups in total. The topological polar surface area (TPSA) is 95.4 Å². The van der Waals surface area contributed by atoms with Gasteiger partial charge in [0.2, 0.25) is 5.89 Å². The number of aromatic nitrogens is 7. The average Bonchev–Trinajstić information content (AvgIpc) is 3.33. The number of benzene rings is 1. The van der Waals surface area contributed by atoms with E-state index in [1.54, 1.807) is 17.1 Å². The lowest BCUT2D eigenvalue weighted by molar-refractivity contribution is 0.464. The zero-order valence-corrected chi connectivity index (χ0v) is 14.0. The summed E-state index contributed by atoms with van der Waals surface area (Å²) >= 11 is 1.41. The van der Waals surface area contributed by atoms with Crippen LogP contribution in [0.15, 0.2) is 64.5 Å². The molecular weight excluding hydrogens is 338 g/mol. The second-order valence-corrected chi connectivity index (χ2v) is 6.45. The highest BCUT2D eigenvalue weighted by Crippen LogP contribution is 2.34. The Morgan fingerprint density at radius 3 is 2.60 bits per heavy atom. The second-order valence-electron chi connectivity index (χ2n) is 5.15. The molecule has 0 fully saturated rings. The number of thioether (sulfide) groups is 1. The number of pyridine rings is 1. The van der Waals surface area contributed by atoms with Crippen molar-refractivity contribution in [3.8, 4) is 17.1 Å². The predicted molar refractivity (Wildman–Crippen MR) is 91.0 cm³/mol. The second kappa shape index (κ2) is 6.81. The summed E-state index contributed by atoms with van der Waals surface area (Å²) in [6.07, 6.45) is 3.37. The van der Waals surface area contributed by atoms with Crippen molar-refractivity contribution in [1.29, 1.82) is 0 Å². The zero-order chi connectivity index (χ0) is 17.1. The molecule has 124 valence electrons. The number of rotatable bonds is 5. The molecule has 9 heteroatoms. The highest BCUT2D eigenvalue weighted by molar-refractivity contribution is 7.99. The molecule has 1 atom stereocenters. The molecule has 0 bridgehead atoms. The van der Waals surface area contributed by atoms with E-state index in [0.717, 1.165) is 11.3 Å². The van der Waals surface area contributed by atoms with Gasteiger partial charge in [-0.2, -0.15) is 4.68 Å². The molecular formula is C16H13N7OS. The highest BCUT2D eigenvalue weighted by Gasteiger charge is 2.20. The smallest absolute Gasteiger partial charge is 0.277 e. The van der Waals surface area contributed by atoms with Crippen molar-refractivity contribution in [3.05, 3.63) is 60.7 Å². The number of hydrogen-bond donors (Lipinski definition) is 0. The maximum Gasteiger partial charge on any atom is 0.277 e. The van der Waals surface area contributed by atoms with Crippen LogP contribution in [0.4, 0.5) is 0 Å². The van der Waals surface area contributed by atoms with Crippen molar-refractivity contribution in [2.45, 2.75) is 17.4 Å². The Hall–Kier alpha value is -3.07. The summed E-state index contributed by atoms with van der Waals surface area (Å²) in [7, 11) is 0. The number of tetrazole rings is 1. The SMILES string of the molecule is CC(Sc1nnc(-c2ccncc2)o1)c1nnnn1-c1ccccc1. The first-order valence-corrected chi connectivity index (χ1v) is 8.43. The molecule has 0 spiro atoms. The standard InChI is InChI=1S/C16H13N7OS/c1-11(14-18-21-22-23(14)13-5-3-2-4-6-13)25-16-20-19-15(24-16)12-7-9-17-10-8-12/h2-11H,1H3. The number of hydrogen-bond acceptors (Lipinski definition) is 8. The molecule has 0 radical (unpaired) electrons. The minimum Gasteiger partial charge on any atom is -0.411 e. The van der Waals surface area contributed by atoms with Crippen LogP contribution in [0.1, 0.15) is 18.0 Å². The van der Waals surface area contributed by atoms with Crippen LogP contribution in [0.5, 0.6) is 0 Å². The van der Waals surface area contributed by atoms with Gasteiger partial charge in [0.15, 0.2) is 5.82 Å². The third-order valence-electron chi connectivity index (χ3n) is 3.47. The summed E-state index contributed by atoms with van der Waals surface area (Å²) in [6, 6.07) is 13.4. The Balaban J connectivity index is 1.55. The van der Waals surface area contributed by atoms with Crippen molar-refractivity contribution >= 4 is 11.8 Å². The summed E-state index contributed by atoms with van der Waals surface area (Å²) in [5.41, 5.74) is 1.73. The minimum atomic E-state index is -0.0686. The zero-order valence-electron chi connectivity index (χ0n) is 13.2. The van der Waals surface area contributed by atoms with Crippen LogP contribution in [0.2, 0.25) is 0 Å². The van der Waals surface area contributed by atoms with E-state index in [1.807, 2.05) is 49.4 Å².